The van der Waals surface area contributed by atoms with Crippen molar-refractivity contribution in [3.05, 3.63) is 0 Å². The maximum atomic E-state index is 12.7. The number of carbonyl (C=O) groups is 1. The van der Waals surface area contributed by atoms with Gasteiger partial charge in [0, 0.05) is 38.1 Å². The van der Waals surface area contributed by atoms with Crippen LogP contribution in [0.25, 0.3) is 0 Å². The number of thiocarbonyl (C=S) groups is 1. The molecule has 3 unspecified atom stereocenters. The molecular weight excluding hydrogens is 318 g/mol. The minimum absolute atomic E-state index is 0.227. The molecule has 2 saturated heterocycles. The molecule has 4 aliphatic rings. The Morgan fingerprint density at radius 1 is 0.875 bits per heavy atom. The second-order valence-corrected chi connectivity index (χ2v) is 8.76. The second-order valence-electron chi connectivity index (χ2n) is 8.38. The summed E-state index contributed by atoms with van der Waals surface area (Å²) in [4.78, 5) is 17.1. The molecular formula is C19H31N3OS. The van der Waals surface area contributed by atoms with E-state index in [4.69, 9.17) is 12.2 Å². The van der Waals surface area contributed by atoms with E-state index in [0.717, 1.165) is 56.0 Å². The van der Waals surface area contributed by atoms with Crippen molar-refractivity contribution in [2.24, 2.45) is 17.8 Å². The summed E-state index contributed by atoms with van der Waals surface area (Å²) in [7, 11) is 0. The van der Waals surface area contributed by atoms with Gasteiger partial charge in [0.25, 0.3) is 0 Å². The highest BCUT2D eigenvalue weighted by atomic mass is 32.1. The fraction of sp³-hybridized carbons (Fsp3) is 0.895. The van der Waals surface area contributed by atoms with Gasteiger partial charge < -0.3 is 15.1 Å². The fourth-order valence-electron chi connectivity index (χ4n) is 5.37. The first-order valence-corrected chi connectivity index (χ1v) is 10.5. The van der Waals surface area contributed by atoms with Crippen molar-refractivity contribution in [3.63, 3.8) is 0 Å². The van der Waals surface area contributed by atoms with Gasteiger partial charge in [-0.2, -0.15) is 0 Å². The van der Waals surface area contributed by atoms with Crippen LogP contribution in [-0.2, 0) is 4.79 Å². The number of likely N-dealkylation sites (tertiary alicyclic amines) is 2. The van der Waals surface area contributed by atoms with E-state index >= 15 is 0 Å². The minimum Gasteiger partial charge on any atom is -0.360 e. The van der Waals surface area contributed by atoms with Gasteiger partial charge in [0.15, 0.2) is 5.11 Å². The van der Waals surface area contributed by atoms with Crippen molar-refractivity contribution < 1.29 is 4.79 Å². The smallest absolute Gasteiger partial charge is 0.225 e. The summed E-state index contributed by atoms with van der Waals surface area (Å²) >= 11 is 5.68. The van der Waals surface area contributed by atoms with Crippen molar-refractivity contribution in [3.8, 4) is 0 Å². The quantitative estimate of drug-likeness (QED) is 0.778. The molecule has 0 spiro atoms. The Hall–Kier alpha value is -0.840. The molecule has 4 fully saturated rings. The first kappa shape index (κ1) is 16.6. The Morgan fingerprint density at radius 2 is 1.62 bits per heavy atom. The molecule has 5 heteroatoms. The van der Waals surface area contributed by atoms with Crippen LogP contribution in [0.1, 0.15) is 57.8 Å². The summed E-state index contributed by atoms with van der Waals surface area (Å²) in [6.45, 7) is 3.83. The van der Waals surface area contributed by atoms with Gasteiger partial charge in [-0.15, -0.1) is 0 Å². The first-order valence-electron chi connectivity index (χ1n) is 10.0. The zero-order valence-corrected chi connectivity index (χ0v) is 15.5. The van der Waals surface area contributed by atoms with Crippen LogP contribution in [0.15, 0.2) is 0 Å². The van der Waals surface area contributed by atoms with E-state index in [1.165, 1.54) is 44.9 Å². The fourth-order valence-corrected chi connectivity index (χ4v) is 5.71. The Balaban J connectivity index is 1.23. The second kappa shape index (κ2) is 7.19. The van der Waals surface area contributed by atoms with Crippen LogP contribution in [0.5, 0.6) is 0 Å². The molecule has 0 radical (unpaired) electrons. The lowest BCUT2D eigenvalue weighted by Gasteiger charge is -2.37. The minimum atomic E-state index is 0.227. The summed E-state index contributed by atoms with van der Waals surface area (Å²) in [5, 5.41) is 4.59. The van der Waals surface area contributed by atoms with Gasteiger partial charge in [0.05, 0.1) is 0 Å². The zero-order chi connectivity index (χ0) is 16.5. The van der Waals surface area contributed by atoms with Crippen LogP contribution >= 0.6 is 12.2 Å². The van der Waals surface area contributed by atoms with Gasteiger partial charge >= 0.3 is 0 Å². The van der Waals surface area contributed by atoms with Gasteiger partial charge in [-0.05, 0) is 75.4 Å². The third kappa shape index (κ3) is 3.42. The molecule has 0 aromatic heterocycles. The van der Waals surface area contributed by atoms with E-state index in [-0.39, 0.29) is 5.92 Å². The van der Waals surface area contributed by atoms with Crippen LogP contribution < -0.4 is 5.32 Å². The third-order valence-corrected chi connectivity index (χ3v) is 7.22. The predicted octanol–water partition coefficient (Wildman–Crippen LogP) is 2.77. The van der Waals surface area contributed by atoms with E-state index in [1.807, 2.05) is 0 Å². The summed E-state index contributed by atoms with van der Waals surface area (Å²) in [5.41, 5.74) is 0. The molecule has 134 valence electrons. The molecule has 2 saturated carbocycles. The number of nitrogens with one attached hydrogen (secondary N) is 1. The monoisotopic (exact) mass is 349 g/mol. The number of rotatable bonds is 2. The lowest BCUT2D eigenvalue weighted by Crippen LogP contribution is -2.51. The maximum Gasteiger partial charge on any atom is 0.225 e. The zero-order valence-electron chi connectivity index (χ0n) is 14.7. The van der Waals surface area contributed by atoms with Crippen LogP contribution in [0.3, 0.4) is 0 Å². The summed E-state index contributed by atoms with van der Waals surface area (Å²) in [5.74, 6) is 2.43. The van der Waals surface area contributed by atoms with Gasteiger partial charge in [0.2, 0.25) is 5.91 Å². The Morgan fingerprint density at radius 3 is 2.25 bits per heavy atom. The first-order chi connectivity index (χ1) is 11.7. The highest BCUT2D eigenvalue weighted by Crippen LogP contribution is 2.44. The van der Waals surface area contributed by atoms with E-state index < -0.39 is 0 Å². The van der Waals surface area contributed by atoms with Crippen molar-refractivity contribution in [1.29, 1.82) is 0 Å². The standard InChI is InChI=1S/C19H31N3OS/c23-18(21-8-2-1-3-9-21)15-6-10-22(11-7-15)19(24)20-17-13-14-4-5-16(17)12-14/h14-17H,1-13H2,(H,20,24). The molecule has 2 heterocycles. The third-order valence-electron chi connectivity index (χ3n) is 6.85. The topological polar surface area (TPSA) is 35.6 Å². The molecule has 3 atom stereocenters. The molecule has 2 bridgehead atoms. The molecule has 2 aliphatic heterocycles. The van der Waals surface area contributed by atoms with E-state index in [9.17, 15) is 4.79 Å². The average molecular weight is 350 g/mol. The molecule has 24 heavy (non-hydrogen) atoms. The Kier molecular flexibility index (Phi) is 4.98. The largest absolute Gasteiger partial charge is 0.360 e. The lowest BCUT2D eigenvalue weighted by molar-refractivity contribution is -0.137. The predicted molar refractivity (Wildman–Crippen MR) is 99.7 cm³/mol. The number of amides is 1. The SMILES string of the molecule is O=C(C1CCN(C(=S)NC2CC3CCC2C3)CC1)N1CCCCC1. The van der Waals surface area contributed by atoms with Gasteiger partial charge in [0.1, 0.15) is 0 Å². The molecule has 0 aromatic carbocycles. The molecule has 2 aliphatic carbocycles. The van der Waals surface area contributed by atoms with Crippen LogP contribution in [0.2, 0.25) is 0 Å². The van der Waals surface area contributed by atoms with E-state index in [1.54, 1.807) is 0 Å². The summed E-state index contributed by atoms with van der Waals surface area (Å²) < 4.78 is 0. The lowest BCUT2D eigenvalue weighted by atomic mass is 9.94. The molecule has 1 amide bonds. The van der Waals surface area contributed by atoms with Crippen LogP contribution in [0, 0.1) is 17.8 Å². The van der Waals surface area contributed by atoms with Gasteiger partial charge in [-0.25, -0.2) is 0 Å². The number of nitrogens with zero attached hydrogens (tertiary/aromatic N) is 2. The number of piperidine rings is 2. The number of hydrogen-bond donors (Lipinski definition) is 1. The Labute approximate surface area is 151 Å². The van der Waals surface area contributed by atoms with E-state index in [0.29, 0.717) is 11.9 Å². The Bertz CT molecular complexity index is 483. The van der Waals surface area contributed by atoms with Crippen molar-refractivity contribution >= 4 is 23.2 Å². The average Bonchev–Trinajstić information content (AvgIpc) is 3.25. The van der Waals surface area contributed by atoms with Gasteiger partial charge in [-0.3, -0.25) is 4.79 Å². The highest BCUT2D eigenvalue weighted by molar-refractivity contribution is 7.80. The van der Waals surface area contributed by atoms with Gasteiger partial charge in [-0.1, -0.05) is 6.42 Å². The molecule has 4 nitrogen and oxygen atoms in total. The normalized spacial score (nSPS) is 33.8. The molecule has 0 aromatic rings. The molecule has 1 N–H and O–H groups in total. The summed E-state index contributed by atoms with van der Waals surface area (Å²) in [6, 6.07) is 0.615. The summed E-state index contributed by atoms with van der Waals surface area (Å²) in [6.07, 6.45) is 11.1. The number of hydrogen-bond acceptors (Lipinski definition) is 2. The molecule has 4 rings (SSSR count). The number of carbonyl (C=O) groups excluding carboxylic acids is 1. The van der Waals surface area contributed by atoms with Crippen molar-refractivity contribution in [1.82, 2.24) is 15.1 Å². The van der Waals surface area contributed by atoms with Crippen molar-refractivity contribution in [2.45, 2.75) is 63.8 Å². The highest BCUT2D eigenvalue weighted by Gasteiger charge is 2.40. The maximum absolute atomic E-state index is 12.7. The van der Waals surface area contributed by atoms with Crippen molar-refractivity contribution in [2.75, 3.05) is 26.2 Å². The number of fused-ring (bicyclic) bond motifs is 2. The van der Waals surface area contributed by atoms with E-state index in [2.05, 4.69) is 15.1 Å². The van der Waals surface area contributed by atoms with Crippen LogP contribution in [-0.4, -0.2) is 53.0 Å². The van der Waals surface area contributed by atoms with Crippen LogP contribution in [0.4, 0.5) is 0 Å².